The summed E-state index contributed by atoms with van der Waals surface area (Å²) in [5.74, 6) is 0.566. The average Bonchev–Trinajstić information content (AvgIpc) is 2.46. The van der Waals surface area contributed by atoms with Gasteiger partial charge in [0.2, 0.25) is 0 Å². The number of hydrogen-bond acceptors (Lipinski definition) is 4. The minimum Gasteiger partial charge on any atom is -0.475 e. The van der Waals surface area contributed by atoms with Crippen LogP contribution in [0, 0.1) is 11.3 Å². The molecule has 2 rings (SSSR count). The first-order valence-electron chi connectivity index (χ1n) is 6.85. The maximum atomic E-state index is 12.7. The van der Waals surface area contributed by atoms with Crippen LogP contribution in [0.3, 0.4) is 0 Å². The van der Waals surface area contributed by atoms with E-state index in [-0.39, 0.29) is 12.3 Å². The van der Waals surface area contributed by atoms with Crippen LogP contribution in [0.1, 0.15) is 33.1 Å². The average molecular weight is 273 g/mol. The van der Waals surface area contributed by atoms with Gasteiger partial charge in [-0.05, 0) is 31.0 Å². The number of hydrogen-bond donors (Lipinski definition) is 1. The third kappa shape index (κ3) is 2.18. The van der Waals surface area contributed by atoms with E-state index in [9.17, 15) is 4.79 Å². The second kappa shape index (κ2) is 5.41. The normalized spacial score (nSPS) is 16.2. The van der Waals surface area contributed by atoms with Crippen molar-refractivity contribution >= 4 is 17.3 Å². The largest absolute Gasteiger partial charge is 0.475 e. The summed E-state index contributed by atoms with van der Waals surface area (Å²) in [6, 6.07) is 7.35. The number of anilines is 2. The molecule has 2 N–H and O–H groups in total. The molecule has 20 heavy (non-hydrogen) atoms. The van der Waals surface area contributed by atoms with Crippen molar-refractivity contribution in [3.63, 3.8) is 0 Å². The Morgan fingerprint density at radius 3 is 2.70 bits per heavy atom. The lowest BCUT2D eigenvalue weighted by Crippen LogP contribution is -2.55. The van der Waals surface area contributed by atoms with Gasteiger partial charge in [-0.3, -0.25) is 4.79 Å². The van der Waals surface area contributed by atoms with Crippen LogP contribution in [-0.4, -0.2) is 18.1 Å². The van der Waals surface area contributed by atoms with Crippen molar-refractivity contribution in [3.8, 4) is 11.8 Å². The Balaban J connectivity index is 2.50. The summed E-state index contributed by atoms with van der Waals surface area (Å²) in [4.78, 5) is 14.4. The fourth-order valence-electron chi connectivity index (χ4n) is 2.52. The van der Waals surface area contributed by atoms with Crippen LogP contribution in [0.2, 0.25) is 0 Å². The number of carbonyl (C=O) groups excluding carboxylic acids is 1. The van der Waals surface area contributed by atoms with E-state index in [4.69, 9.17) is 15.7 Å². The lowest BCUT2D eigenvalue weighted by Gasteiger charge is -2.41. The maximum absolute atomic E-state index is 12.7. The van der Waals surface area contributed by atoms with Crippen LogP contribution in [0.15, 0.2) is 18.2 Å². The van der Waals surface area contributed by atoms with E-state index in [0.717, 1.165) is 0 Å². The summed E-state index contributed by atoms with van der Waals surface area (Å²) in [5.41, 5.74) is 6.18. The van der Waals surface area contributed by atoms with Crippen molar-refractivity contribution in [2.45, 2.75) is 38.7 Å². The van der Waals surface area contributed by atoms with Gasteiger partial charge in [-0.2, -0.15) is 5.26 Å². The molecule has 1 heterocycles. The summed E-state index contributed by atoms with van der Waals surface area (Å²) in [6.45, 7) is 4.23. The van der Waals surface area contributed by atoms with Crippen molar-refractivity contribution in [2.24, 2.45) is 0 Å². The molecule has 0 spiro atoms. The topological polar surface area (TPSA) is 79.3 Å². The molecule has 0 unspecified atom stereocenters. The molecule has 0 saturated carbocycles. The molecule has 0 saturated heterocycles. The van der Waals surface area contributed by atoms with Crippen LogP contribution in [0.25, 0.3) is 0 Å². The quantitative estimate of drug-likeness (QED) is 0.855. The smallest absolute Gasteiger partial charge is 0.271 e. The number of carbonyl (C=O) groups is 1. The van der Waals surface area contributed by atoms with Gasteiger partial charge in [0.1, 0.15) is 5.75 Å². The zero-order valence-corrected chi connectivity index (χ0v) is 11.8. The van der Waals surface area contributed by atoms with Gasteiger partial charge in [0.25, 0.3) is 5.91 Å². The number of ether oxygens (including phenoxy) is 1. The number of nitrogen functional groups attached to an aromatic ring is 1. The molecular formula is C15H19N3O2. The molecule has 0 aliphatic carbocycles. The fraction of sp³-hybridized carbons (Fsp3) is 0.467. The van der Waals surface area contributed by atoms with Crippen LogP contribution >= 0.6 is 0 Å². The van der Waals surface area contributed by atoms with E-state index in [1.807, 2.05) is 13.8 Å². The Kier molecular flexibility index (Phi) is 3.84. The number of nitrogens with two attached hydrogens (primary N) is 1. The Bertz CT molecular complexity index is 559. The van der Waals surface area contributed by atoms with Gasteiger partial charge in [0.15, 0.2) is 5.60 Å². The van der Waals surface area contributed by atoms with Crippen molar-refractivity contribution in [3.05, 3.63) is 18.2 Å². The molecular weight excluding hydrogens is 254 g/mol. The molecule has 106 valence electrons. The van der Waals surface area contributed by atoms with Crippen molar-refractivity contribution < 1.29 is 9.53 Å². The SMILES string of the molecule is CCC1(CC)Oc2ccc(N)cc2N(CCC#N)C1=O. The zero-order chi connectivity index (χ0) is 14.8. The van der Waals surface area contributed by atoms with Gasteiger partial charge in [-0.25, -0.2) is 0 Å². The molecule has 5 nitrogen and oxygen atoms in total. The lowest BCUT2D eigenvalue weighted by molar-refractivity contribution is -0.136. The van der Waals surface area contributed by atoms with E-state index in [1.54, 1.807) is 23.1 Å². The number of benzene rings is 1. The summed E-state index contributed by atoms with van der Waals surface area (Å²) < 4.78 is 5.97. The molecule has 1 aliphatic rings. The second-order valence-corrected chi connectivity index (χ2v) is 4.90. The summed E-state index contributed by atoms with van der Waals surface area (Å²) >= 11 is 0. The van der Waals surface area contributed by atoms with Crippen molar-refractivity contribution in [1.29, 1.82) is 5.26 Å². The molecule has 1 amide bonds. The second-order valence-electron chi connectivity index (χ2n) is 4.90. The Morgan fingerprint density at radius 1 is 1.40 bits per heavy atom. The monoisotopic (exact) mass is 273 g/mol. The standard InChI is InChI=1S/C15H19N3O2/c1-3-15(4-2)14(19)18(9-5-8-16)12-10-11(17)6-7-13(12)20-15/h6-7,10H,3-5,9,17H2,1-2H3. The van der Waals surface area contributed by atoms with E-state index in [0.29, 0.717) is 36.5 Å². The third-order valence-electron chi connectivity index (χ3n) is 3.80. The van der Waals surface area contributed by atoms with Gasteiger partial charge < -0.3 is 15.4 Å². The van der Waals surface area contributed by atoms with E-state index >= 15 is 0 Å². The fourth-order valence-corrected chi connectivity index (χ4v) is 2.52. The maximum Gasteiger partial charge on any atom is 0.271 e. The highest BCUT2D eigenvalue weighted by atomic mass is 16.5. The highest BCUT2D eigenvalue weighted by Crippen LogP contribution is 2.41. The third-order valence-corrected chi connectivity index (χ3v) is 3.80. The van der Waals surface area contributed by atoms with E-state index in [2.05, 4.69) is 6.07 Å². The number of amides is 1. The minimum atomic E-state index is -0.835. The Labute approximate surface area is 118 Å². The summed E-state index contributed by atoms with van der Waals surface area (Å²) in [7, 11) is 0. The Hall–Kier alpha value is -2.22. The molecule has 0 bridgehead atoms. The first kappa shape index (κ1) is 14.2. The summed E-state index contributed by atoms with van der Waals surface area (Å²) in [5, 5.41) is 8.79. The molecule has 1 aromatic rings. The predicted molar refractivity (Wildman–Crippen MR) is 77.4 cm³/mol. The van der Waals surface area contributed by atoms with Gasteiger partial charge in [-0.1, -0.05) is 13.8 Å². The number of nitriles is 1. The van der Waals surface area contributed by atoms with Crippen molar-refractivity contribution in [1.82, 2.24) is 0 Å². The molecule has 1 aliphatic heterocycles. The predicted octanol–water partition coefficient (Wildman–Crippen LogP) is 2.47. The number of rotatable bonds is 4. The van der Waals surface area contributed by atoms with Crippen molar-refractivity contribution in [2.75, 3.05) is 17.2 Å². The first-order valence-corrected chi connectivity index (χ1v) is 6.85. The van der Waals surface area contributed by atoms with Gasteiger partial charge in [0, 0.05) is 12.2 Å². The molecule has 0 aromatic heterocycles. The summed E-state index contributed by atoms with van der Waals surface area (Å²) in [6.07, 6.45) is 1.47. The highest BCUT2D eigenvalue weighted by molar-refractivity contribution is 6.03. The van der Waals surface area contributed by atoms with E-state index in [1.165, 1.54) is 0 Å². The first-order chi connectivity index (χ1) is 9.57. The van der Waals surface area contributed by atoms with Crippen LogP contribution in [0.5, 0.6) is 5.75 Å². The molecule has 0 radical (unpaired) electrons. The van der Waals surface area contributed by atoms with Gasteiger partial charge >= 0.3 is 0 Å². The van der Waals surface area contributed by atoms with Crippen LogP contribution < -0.4 is 15.4 Å². The number of fused-ring (bicyclic) bond motifs is 1. The molecule has 5 heteroatoms. The zero-order valence-electron chi connectivity index (χ0n) is 11.8. The van der Waals surface area contributed by atoms with Crippen LogP contribution in [0.4, 0.5) is 11.4 Å². The van der Waals surface area contributed by atoms with E-state index < -0.39 is 5.60 Å². The molecule has 0 atom stereocenters. The molecule has 1 aromatic carbocycles. The number of nitrogens with zero attached hydrogens (tertiary/aromatic N) is 2. The lowest BCUT2D eigenvalue weighted by atomic mass is 9.92. The Morgan fingerprint density at radius 2 is 2.10 bits per heavy atom. The minimum absolute atomic E-state index is 0.0872. The molecule has 0 fully saturated rings. The van der Waals surface area contributed by atoms with Crippen LogP contribution in [-0.2, 0) is 4.79 Å². The van der Waals surface area contributed by atoms with Gasteiger partial charge in [0.05, 0.1) is 18.2 Å². The highest BCUT2D eigenvalue weighted by Gasteiger charge is 2.45. The van der Waals surface area contributed by atoms with Gasteiger partial charge in [-0.15, -0.1) is 0 Å².